The van der Waals surface area contributed by atoms with Crippen molar-refractivity contribution in [2.24, 2.45) is 0 Å². The Morgan fingerprint density at radius 2 is 1.64 bits per heavy atom. The van der Waals surface area contributed by atoms with Crippen LogP contribution in [0.1, 0.15) is 21.9 Å². The Balaban J connectivity index is 1.73. The number of H-pyrrole nitrogens is 1. The van der Waals surface area contributed by atoms with Gasteiger partial charge in [-0.1, -0.05) is 18.2 Å². The molecule has 1 heterocycles. The average molecular weight is 335 g/mol. The standard InChI is InChI=1S/C19H17N3O3/c1-12-17(18(23)21-13(2)20-12)19(24)22-14-8-10-16(11-9-14)25-15-6-4-3-5-7-15/h3-11H,1-2H3,(H,22,24)(H,20,21,23). The van der Waals surface area contributed by atoms with Crippen molar-refractivity contribution in [3.8, 4) is 11.5 Å². The van der Waals surface area contributed by atoms with Gasteiger partial charge in [0.1, 0.15) is 22.9 Å². The van der Waals surface area contributed by atoms with Crippen molar-refractivity contribution in [1.82, 2.24) is 9.97 Å². The molecule has 0 radical (unpaired) electrons. The van der Waals surface area contributed by atoms with E-state index in [0.717, 1.165) is 5.75 Å². The number of carbonyl (C=O) groups excluding carboxylic acids is 1. The van der Waals surface area contributed by atoms with E-state index in [4.69, 9.17) is 4.74 Å². The van der Waals surface area contributed by atoms with Crippen LogP contribution in [-0.4, -0.2) is 15.9 Å². The number of carbonyl (C=O) groups is 1. The van der Waals surface area contributed by atoms with Crippen molar-refractivity contribution in [2.75, 3.05) is 5.32 Å². The number of aryl methyl sites for hydroxylation is 2. The van der Waals surface area contributed by atoms with E-state index in [1.54, 1.807) is 38.1 Å². The van der Waals surface area contributed by atoms with E-state index in [9.17, 15) is 9.59 Å². The molecule has 0 aliphatic rings. The lowest BCUT2D eigenvalue weighted by Gasteiger charge is -2.09. The maximum absolute atomic E-state index is 12.3. The van der Waals surface area contributed by atoms with Crippen LogP contribution in [0.4, 0.5) is 5.69 Å². The molecule has 2 aromatic carbocycles. The Kier molecular flexibility index (Phi) is 4.61. The smallest absolute Gasteiger partial charge is 0.264 e. The number of aromatic nitrogens is 2. The molecule has 0 spiro atoms. The fourth-order valence-corrected chi connectivity index (χ4v) is 2.42. The number of para-hydroxylation sites is 1. The summed E-state index contributed by atoms with van der Waals surface area (Å²) in [6, 6.07) is 16.3. The summed E-state index contributed by atoms with van der Waals surface area (Å²) in [5.74, 6) is 1.35. The van der Waals surface area contributed by atoms with Gasteiger partial charge < -0.3 is 15.0 Å². The van der Waals surface area contributed by atoms with Crippen LogP contribution in [0.3, 0.4) is 0 Å². The van der Waals surface area contributed by atoms with Crippen molar-refractivity contribution in [1.29, 1.82) is 0 Å². The van der Waals surface area contributed by atoms with Crippen molar-refractivity contribution in [3.63, 3.8) is 0 Å². The van der Waals surface area contributed by atoms with Crippen molar-refractivity contribution < 1.29 is 9.53 Å². The van der Waals surface area contributed by atoms with Gasteiger partial charge in [0.25, 0.3) is 11.5 Å². The quantitative estimate of drug-likeness (QED) is 0.765. The lowest BCUT2D eigenvalue weighted by molar-refractivity contribution is 0.102. The van der Waals surface area contributed by atoms with E-state index < -0.39 is 11.5 Å². The zero-order valence-corrected chi connectivity index (χ0v) is 13.9. The minimum Gasteiger partial charge on any atom is -0.457 e. The maximum atomic E-state index is 12.3. The van der Waals surface area contributed by atoms with Gasteiger partial charge in [-0.15, -0.1) is 0 Å². The Morgan fingerprint density at radius 3 is 2.28 bits per heavy atom. The molecule has 0 fully saturated rings. The molecule has 6 nitrogen and oxygen atoms in total. The summed E-state index contributed by atoms with van der Waals surface area (Å²) < 4.78 is 5.70. The second kappa shape index (κ2) is 7.00. The first kappa shape index (κ1) is 16.4. The summed E-state index contributed by atoms with van der Waals surface area (Å²) in [6.07, 6.45) is 0. The molecule has 6 heteroatoms. The highest BCUT2D eigenvalue weighted by atomic mass is 16.5. The highest BCUT2D eigenvalue weighted by Gasteiger charge is 2.15. The van der Waals surface area contributed by atoms with E-state index >= 15 is 0 Å². The van der Waals surface area contributed by atoms with Crippen LogP contribution in [0.5, 0.6) is 11.5 Å². The molecule has 0 aliphatic carbocycles. The van der Waals surface area contributed by atoms with Gasteiger partial charge in [-0.3, -0.25) is 9.59 Å². The third-order valence-electron chi connectivity index (χ3n) is 3.54. The Labute approximate surface area is 144 Å². The highest BCUT2D eigenvalue weighted by Crippen LogP contribution is 2.22. The molecule has 1 amide bonds. The first-order valence-corrected chi connectivity index (χ1v) is 7.75. The fourth-order valence-electron chi connectivity index (χ4n) is 2.42. The largest absolute Gasteiger partial charge is 0.457 e. The number of aromatic amines is 1. The molecule has 126 valence electrons. The van der Waals surface area contributed by atoms with E-state index in [0.29, 0.717) is 23.0 Å². The molecule has 0 bridgehead atoms. The highest BCUT2D eigenvalue weighted by molar-refractivity contribution is 6.04. The zero-order chi connectivity index (χ0) is 17.8. The zero-order valence-electron chi connectivity index (χ0n) is 13.9. The van der Waals surface area contributed by atoms with Crippen LogP contribution in [0, 0.1) is 13.8 Å². The van der Waals surface area contributed by atoms with Crippen LogP contribution in [0.2, 0.25) is 0 Å². The van der Waals surface area contributed by atoms with Gasteiger partial charge in [0.05, 0.1) is 5.69 Å². The first-order chi connectivity index (χ1) is 12.0. The Morgan fingerprint density at radius 1 is 1.00 bits per heavy atom. The first-order valence-electron chi connectivity index (χ1n) is 7.75. The molecule has 3 aromatic rings. The third-order valence-corrected chi connectivity index (χ3v) is 3.54. The van der Waals surface area contributed by atoms with Gasteiger partial charge in [-0.2, -0.15) is 0 Å². The summed E-state index contributed by atoms with van der Waals surface area (Å²) in [4.78, 5) is 31.0. The summed E-state index contributed by atoms with van der Waals surface area (Å²) in [5, 5.41) is 2.70. The van der Waals surface area contributed by atoms with E-state index in [1.807, 2.05) is 30.3 Å². The Bertz CT molecular complexity index is 948. The lowest BCUT2D eigenvalue weighted by Crippen LogP contribution is -2.26. The van der Waals surface area contributed by atoms with E-state index in [2.05, 4.69) is 15.3 Å². The number of hydrogen-bond acceptors (Lipinski definition) is 4. The molecule has 0 saturated carbocycles. The number of nitrogens with zero attached hydrogens (tertiary/aromatic N) is 1. The van der Waals surface area contributed by atoms with Crippen LogP contribution in [0.25, 0.3) is 0 Å². The molecule has 0 unspecified atom stereocenters. The van der Waals surface area contributed by atoms with Gasteiger partial charge in [-0.25, -0.2) is 4.98 Å². The summed E-state index contributed by atoms with van der Waals surface area (Å²) in [5.41, 5.74) is 0.509. The minimum absolute atomic E-state index is 0.00946. The number of rotatable bonds is 4. The number of hydrogen-bond donors (Lipinski definition) is 2. The molecule has 1 aromatic heterocycles. The van der Waals surface area contributed by atoms with E-state index in [-0.39, 0.29) is 5.56 Å². The van der Waals surface area contributed by atoms with E-state index in [1.165, 1.54) is 0 Å². The van der Waals surface area contributed by atoms with Crippen LogP contribution >= 0.6 is 0 Å². The minimum atomic E-state index is -0.497. The van der Waals surface area contributed by atoms with Crippen molar-refractivity contribution in [2.45, 2.75) is 13.8 Å². The SMILES string of the molecule is Cc1nc(C)c(C(=O)Nc2ccc(Oc3ccccc3)cc2)c(=O)[nH]1. The molecule has 25 heavy (non-hydrogen) atoms. The summed E-state index contributed by atoms with van der Waals surface area (Å²) in [6.45, 7) is 3.30. The molecule has 0 atom stereocenters. The average Bonchev–Trinajstić information content (AvgIpc) is 2.56. The molecule has 0 aliphatic heterocycles. The van der Waals surface area contributed by atoms with Crippen LogP contribution in [0.15, 0.2) is 59.4 Å². The Hall–Kier alpha value is -3.41. The molecular formula is C19H17N3O3. The molecule has 0 saturated heterocycles. The fraction of sp³-hybridized carbons (Fsp3) is 0.105. The van der Waals surface area contributed by atoms with Gasteiger partial charge in [-0.05, 0) is 50.2 Å². The number of anilines is 1. The predicted molar refractivity (Wildman–Crippen MR) is 95.2 cm³/mol. The molecule has 2 N–H and O–H groups in total. The van der Waals surface area contributed by atoms with Gasteiger partial charge in [0, 0.05) is 5.69 Å². The number of nitrogens with one attached hydrogen (secondary N) is 2. The van der Waals surface area contributed by atoms with Crippen LogP contribution in [-0.2, 0) is 0 Å². The topological polar surface area (TPSA) is 84.1 Å². The monoisotopic (exact) mass is 335 g/mol. The third kappa shape index (κ3) is 3.92. The van der Waals surface area contributed by atoms with Crippen LogP contribution < -0.4 is 15.6 Å². The molecule has 3 rings (SSSR count). The second-order valence-electron chi connectivity index (χ2n) is 5.51. The van der Waals surface area contributed by atoms with Gasteiger partial charge in [0.2, 0.25) is 0 Å². The summed E-state index contributed by atoms with van der Waals surface area (Å²) in [7, 11) is 0. The normalized spacial score (nSPS) is 10.3. The maximum Gasteiger partial charge on any atom is 0.264 e. The second-order valence-corrected chi connectivity index (χ2v) is 5.51. The number of benzene rings is 2. The van der Waals surface area contributed by atoms with Gasteiger partial charge >= 0.3 is 0 Å². The summed E-state index contributed by atoms with van der Waals surface area (Å²) >= 11 is 0. The number of ether oxygens (including phenoxy) is 1. The molecular weight excluding hydrogens is 318 g/mol. The predicted octanol–water partition coefficient (Wildman–Crippen LogP) is 3.43. The van der Waals surface area contributed by atoms with Gasteiger partial charge in [0.15, 0.2) is 0 Å². The number of amides is 1. The lowest BCUT2D eigenvalue weighted by atomic mass is 10.2. The van der Waals surface area contributed by atoms with Crippen molar-refractivity contribution >= 4 is 11.6 Å². The van der Waals surface area contributed by atoms with Crippen molar-refractivity contribution in [3.05, 3.63) is 82.0 Å².